The van der Waals surface area contributed by atoms with Crippen molar-refractivity contribution >= 4 is 6.03 Å². The van der Waals surface area contributed by atoms with Gasteiger partial charge in [0.2, 0.25) is 0 Å². The molecule has 0 aromatic heterocycles. The third-order valence-electron chi connectivity index (χ3n) is 4.78. The summed E-state index contributed by atoms with van der Waals surface area (Å²) in [4.78, 5) is 12.3. The highest BCUT2D eigenvalue weighted by molar-refractivity contribution is 5.75. The molecule has 1 aliphatic carbocycles. The van der Waals surface area contributed by atoms with Crippen molar-refractivity contribution in [2.24, 2.45) is 5.92 Å². The number of ether oxygens (including phenoxy) is 1. The molecule has 22 heavy (non-hydrogen) atoms. The second-order valence-corrected chi connectivity index (χ2v) is 6.36. The van der Waals surface area contributed by atoms with Gasteiger partial charge in [0.25, 0.3) is 0 Å². The van der Waals surface area contributed by atoms with Gasteiger partial charge in [-0.25, -0.2) is 9.18 Å². The SMILES string of the molecule is O=C(NC[C@H]1CCOC1)NC1(c2ccc(F)cc2)CCCC1. The number of halogens is 1. The minimum Gasteiger partial charge on any atom is -0.381 e. The maximum atomic E-state index is 13.1. The molecule has 3 rings (SSSR count). The Morgan fingerprint density at radius 1 is 1.27 bits per heavy atom. The molecule has 4 nitrogen and oxygen atoms in total. The molecule has 0 radical (unpaired) electrons. The lowest BCUT2D eigenvalue weighted by Gasteiger charge is -2.31. The predicted molar refractivity (Wildman–Crippen MR) is 82.0 cm³/mol. The van der Waals surface area contributed by atoms with Gasteiger partial charge in [-0.05, 0) is 37.0 Å². The third-order valence-corrected chi connectivity index (χ3v) is 4.78. The Labute approximate surface area is 130 Å². The molecule has 1 saturated heterocycles. The molecule has 0 spiro atoms. The van der Waals surface area contributed by atoms with Crippen LogP contribution >= 0.6 is 0 Å². The first-order valence-corrected chi connectivity index (χ1v) is 8.08. The fourth-order valence-corrected chi connectivity index (χ4v) is 3.48. The molecular formula is C17H23FN2O2. The summed E-state index contributed by atoms with van der Waals surface area (Å²) in [6, 6.07) is 6.35. The van der Waals surface area contributed by atoms with Crippen LogP contribution in [0.3, 0.4) is 0 Å². The smallest absolute Gasteiger partial charge is 0.315 e. The molecule has 2 amide bonds. The van der Waals surface area contributed by atoms with Gasteiger partial charge in [0.05, 0.1) is 12.1 Å². The van der Waals surface area contributed by atoms with E-state index < -0.39 is 0 Å². The van der Waals surface area contributed by atoms with Crippen LogP contribution in [0.15, 0.2) is 24.3 Å². The van der Waals surface area contributed by atoms with Crippen LogP contribution in [-0.2, 0) is 10.3 Å². The summed E-state index contributed by atoms with van der Waals surface area (Å²) in [5, 5.41) is 6.09. The van der Waals surface area contributed by atoms with Crippen LogP contribution in [0.5, 0.6) is 0 Å². The number of hydrogen-bond donors (Lipinski definition) is 2. The average Bonchev–Trinajstić information content (AvgIpc) is 3.18. The number of amides is 2. The summed E-state index contributed by atoms with van der Waals surface area (Å²) < 4.78 is 18.5. The molecule has 120 valence electrons. The third kappa shape index (κ3) is 3.40. The van der Waals surface area contributed by atoms with E-state index in [1.54, 1.807) is 12.1 Å². The minimum atomic E-state index is -0.357. The first-order chi connectivity index (χ1) is 10.7. The van der Waals surface area contributed by atoms with Crippen molar-refractivity contribution < 1.29 is 13.9 Å². The molecule has 0 bridgehead atoms. The summed E-state index contributed by atoms with van der Waals surface area (Å²) in [6.45, 7) is 2.15. The van der Waals surface area contributed by atoms with Crippen LogP contribution in [0.25, 0.3) is 0 Å². The summed E-state index contributed by atoms with van der Waals surface area (Å²) in [6.07, 6.45) is 4.96. The van der Waals surface area contributed by atoms with Crippen LogP contribution in [0.4, 0.5) is 9.18 Å². The normalized spacial score (nSPS) is 23.4. The van der Waals surface area contributed by atoms with Gasteiger partial charge in [-0.2, -0.15) is 0 Å². The second-order valence-electron chi connectivity index (χ2n) is 6.36. The van der Waals surface area contributed by atoms with Crippen molar-refractivity contribution in [3.63, 3.8) is 0 Å². The van der Waals surface area contributed by atoms with Gasteiger partial charge in [0, 0.05) is 19.1 Å². The number of urea groups is 1. The average molecular weight is 306 g/mol. The molecule has 2 N–H and O–H groups in total. The Kier molecular flexibility index (Phi) is 4.62. The first-order valence-electron chi connectivity index (χ1n) is 8.08. The molecule has 1 aliphatic heterocycles. The first kappa shape index (κ1) is 15.3. The van der Waals surface area contributed by atoms with Gasteiger partial charge in [-0.1, -0.05) is 25.0 Å². The summed E-state index contributed by atoms with van der Waals surface area (Å²) in [5.41, 5.74) is 0.634. The lowest BCUT2D eigenvalue weighted by Crippen LogP contribution is -2.49. The molecule has 2 aliphatic rings. The van der Waals surface area contributed by atoms with E-state index in [9.17, 15) is 9.18 Å². The van der Waals surface area contributed by atoms with Gasteiger partial charge < -0.3 is 15.4 Å². The topological polar surface area (TPSA) is 50.4 Å². The highest BCUT2D eigenvalue weighted by atomic mass is 19.1. The molecule has 1 aromatic carbocycles. The van der Waals surface area contributed by atoms with E-state index >= 15 is 0 Å². The molecule has 2 fully saturated rings. The highest BCUT2D eigenvalue weighted by Gasteiger charge is 2.37. The predicted octanol–water partition coefficient (Wildman–Crippen LogP) is 2.93. The molecular weight excluding hydrogens is 283 g/mol. The lowest BCUT2D eigenvalue weighted by atomic mass is 9.88. The standard InChI is InChI=1S/C17H23FN2O2/c18-15-5-3-14(4-6-15)17(8-1-2-9-17)20-16(21)19-11-13-7-10-22-12-13/h3-6,13H,1-2,7-12H2,(H2,19,20,21)/t13-/m1/s1. The van der Waals surface area contributed by atoms with E-state index in [4.69, 9.17) is 4.74 Å². The van der Waals surface area contributed by atoms with Crippen LogP contribution < -0.4 is 10.6 Å². The number of benzene rings is 1. The van der Waals surface area contributed by atoms with E-state index in [1.165, 1.54) is 12.1 Å². The zero-order chi connectivity index (χ0) is 15.4. The van der Waals surface area contributed by atoms with E-state index in [0.717, 1.165) is 50.9 Å². The molecule has 1 atom stereocenters. The van der Waals surface area contributed by atoms with Crippen molar-refractivity contribution in [3.05, 3.63) is 35.6 Å². The van der Waals surface area contributed by atoms with Gasteiger partial charge in [0.15, 0.2) is 0 Å². The van der Waals surface area contributed by atoms with Gasteiger partial charge in [-0.15, -0.1) is 0 Å². The fraction of sp³-hybridized carbons (Fsp3) is 0.588. The number of hydrogen-bond acceptors (Lipinski definition) is 2. The number of nitrogens with one attached hydrogen (secondary N) is 2. The van der Waals surface area contributed by atoms with Gasteiger partial charge in [0.1, 0.15) is 5.82 Å². The molecule has 1 heterocycles. The highest BCUT2D eigenvalue weighted by Crippen LogP contribution is 2.38. The zero-order valence-corrected chi connectivity index (χ0v) is 12.7. The number of rotatable bonds is 4. The summed E-state index contributed by atoms with van der Waals surface area (Å²) in [7, 11) is 0. The maximum absolute atomic E-state index is 13.1. The Morgan fingerprint density at radius 2 is 2.00 bits per heavy atom. The van der Waals surface area contributed by atoms with Gasteiger partial charge in [-0.3, -0.25) is 0 Å². The van der Waals surface area contributed by atoms with Crippen LogP contribution in [0.1, 0.15) is 37.7 Å². The van der Waals surface area contributed by atoms with Crippen molar-refractivity contribution in [3.8, 4) is 0 Å². The van der Waals surface area contributed by atoms with Crippen LogP contribution in [-0.4, -0.2) is 25.8 Å². The van der Waals surface area contributed by atoms with Crippen molar-refractivity contribution in [1.29, 1.82) is 0 Å². The Bertz CT molecular complexity index is 506. The minimum absolute atomic E-state index is 0.141. The van der Waals surface area contributed by atoms with Crippen molar-refractivity contribution in [2.45, 2.75) is 37.6 Å². The summed E-state index contributed by atoms with van der Waals surface area (Å²) in [5.74, 6) is 0.165. The van der Waals surface area contributed by atoms with Crippen molar-refractivity contribution in [2.75, 3.05) is 19.8 Å². The quantitative estimate of drug-likeness (QED) is 0.898. The number of carbonyl (C=O) groups excluding carboxylic acids is 1. The van der Waals surface area contributed by atoms with Gasteiger partial charge >= 0.3 is 6.03 Å². The van der Waals surface area contributed by atoms with E-state index in [0.29, 0.717) is 12.5 Å². The zero-order valence-electron chi connectivity index (χ0n) is 12.7. The Balaban J connectivity index is 1.63. The Hall–Kier alpha value is -1.62. The van der Waals surface area contributed by atoms with E-state index in [2.05, 4.69) is 10.6 Å². The molecule has 5 heteroatoms. The second kappa shape index (κ2) is 6.65. The fourth-order valence-electron chi connectivity index (χ4n) is 3.48. The Morgan fingerprint density at radius 3 is 2.64 bits per heavy atom. The van der Waals surface area contributed by atoms with E-state index in [-0.39, 0.29) is 17.4 Å². The van der Waals surface area contributed by atoms with Crippen LogP contribution in [0, 0.1) is 11.7 Å². The van der Waals surface area contributed by atoms with Crippen LogP contribution in [0.2, 0.25) is 0 Å². The maximum Gasteiger partial charge on any atom is 0.315 e. The molecule has 1 aromatic rings. The molecule has 1 saturated carbocycles. The summed E-state index contributed by atoms with van der Waals surface area (Å²) >= 11 is 0. The largest absolute Gasteiger partial charge is 0.381 e. The monoisotopic (exact) mass is 306 g/mol. The van der Waals surface area contributed by atoms with Crippen molar-refractivity contribution in [1.82, 2.24) is 10.6 Å². The molecule has 0 unspecified atom stereocenters. The lowest BCUT2D eigenvalue weighted by molar-refractivity contribution is 0.184. The number of carbonyl (C=O) groups is 1. The van der Waals surface area contributed by atoms with E-state index in [1.807, 2.05) is 0 Å².